The van der Waals surface area contributed by atoms with Crippen LogP contribution >= 0.6 is 46.4 Å². The van der Waals surface area contributed by atoms with E-state index in [0.717, 1.165) is 0 Å². The molecule has 0 radical (unpaired) electrons. The van der Waals surface area contributed by atoms with E-state index in [9.17, 15) is 0 Å². The van der Waals surface area contributed by atoms with Gasteiger partial charge in [-0.1, -0.05) is 17.7 Å². The summed E-state index contributed by atoms with van der Waals surface area (Å²) in [4.78, 5) is 0. The second-order valence-electron chi connectivity index (χ2n) is 2.22. The molecule has 1 aliphatic rings. The molecule has 1 rings (SSSR count). The van der Waals surface area contributed by atoms with Gasteiger partial charge in [-0.3, -0.25) is 0 Å². The Bertz CT molecular complexity index is 154. The van der Waals surface area contributed by atoms with E-state index in [0.29, 0.717) is 11.5 Å². The Balaban J connectivity index is 2.69. The molecular formula is C6H6Cl4. The molecule has 0 saturated heterocycles. The van der Waals surface area contributed by atoms with Gasteiger partial charge in [0.2, 0.25) is 0 Å². The summed E-state index contributed by atoms with van der Waals surface area (Å²) in [5.74, 6) is 0. The maximum atomic E-state index is 5.82. The Morgan fingerprint density at radius 3 is 2.40 bits per heavy atom. The van der Waals surface area contributed by atoms with Crippen LogP contribution in [0.3, 0.4) is 0 Å². The van der Waals surface area contributed by atoms with Crippen LogP contribution in [0, 0.1) is 0 Å². The first-order valence-electron chi connectivity index (χ1n) is 2.89. The fourth-order valence-electron chi connectivity index (χ4n) is 0.831. The highest BCUT2D eigenvalue weighted by atomic mass is 35.5. The Morgan fingerprint density at radius 2 is 1.90 bits per heavy atom. The molecule has 58 valence electrons. The van der Waals surface area contributed by atoms with E-state index in [2.05, 4.69) is 0 Å². The zero-order valence-electron chi connectivity index (χ0n) is 5.03. The van der Waals surface area contributed by atoms with Gasteiger partial charge in [-0.05, 0) is 0 Å². The molecule has 4 heteroatoms. The lowest BCUT2D eigenvalue weighted by molar-refractivity contribution is 0.745. The van der Waals surface area contributed by atoms with Gasteiger partial charge in [-0.15, -0.1) is 34.8 Å². The minimum Gasteiger partial charge on any atom is -0.121 e. The predicted molar refractivity (Wildman–Crippen MR) is 47.5 cm³/mol. The molecule has 0 saturated carbocycles. The van der Waals surface area contributed by atoms with E-state index in [1.165, 1.54) is 0 Å². The molecule has 3 unspecified atom stereocenters. The number of allylic oxidation sites excluding steroid dienone is 2. The summed E-state index contributed by atoms with van der Waals surface area (Å²) in [6.07, 6.45) is 2.36. The maximum Gasteiger partial charge on any atom is 0.0708 e. The molecular weight excluding hydrogens is 214 g/mol. The standard InChI is InChI=1S/C6H6Cl4/c7-3-1-4(8)6(10)5(9)2-3/h1,4-6H,2H2. The van der Waals surface area contributed by atoms with Gasteiger partial charge in [0.25, 0.3) is 0 Å². The van der Waals surface area contributed by atoms with E-state index >= 15 is 0 Å². The molecule has 0 fully saturated rings. The zero-order chi connectivity index (χ0) is 7.72. The Labute approximate surface area is 80.1 Å². The van der Waals surface area contributed by atoms with Crippen LogP contribution in [0.4, 0.5) is 0 Å². The van der Waals surface area contributed by atoms with Crippen LogP contribution in [-0.4, -0.2) is 16.1 Å². The van der Waals surface area contributed by atoms with E-state index in [-0.39, 0.29) is 16.1 Å². The number of rotatable bonds is 0. The monoisotopic (exact) mass is 218 g/mol. The van der Waals surface area contributed by atoms with Crippen molar-refractivity contribution in [1.82, 2.24) is 0 Å². The van der Waals surface area contributed by atoms with Gasteiger partial charge in [-0.2, -0.15) is 0 Å². The summed E-state index contributed by atoms with van der Waals surface area (Å²) >= 11 is 23.1. The lowest BCUT2D eigenvalue weighted by Gasteiger charge is -2.23. The summed E-state index contributed by atoms with van der Waals surface area (Å²) in [5, 5.41) is 0.134. The van der Waals surface area contributed by atoms with Crippen LogP contribution in [0.25, 0.3) is 0 Å². The molecule has 0 aliphatic heterocycles. The van der Waals surface area contributed by atoms with E-state index in [1.54, 1.807) is 6.08 Å². The molecule has 0 spiro atoms. The molecule has 0 amide bonds. The zero-order valence-corrected chi connectivity index (χ0v) is 8.05. The van der Waals surface area contributed by atoms with Crippen molar-refractivity contribution >= 4 is 46.4 Å². The quantitative estimate of drug-likeness (QED) is 0.549. The summed E-state index contributed by atoms with van der Waals surface area (Å²) < 4.78 is 0. The van der Waals surface area contributed by atoms with Crippen molar-refractivity contribution in [3.05, 3.63) is 11.1 Å². The molecule has 0 N–H and O–H groups in total. The Morgan fingerprint density at radius 1 is 1.30 bits per heavy atom. The van der Waals surface area contributed by atoms with E-state index < -0.39 is 0 Å². The topological polar surface area (TPSA) is 0 Å². The van der Waals surface area contributed by atoms with Crippen molar-refractivity contribution in [2.24, 2.45) is 0 Å². The Hall–Kier alpha value is 0.900. The van der Waals surface area contributed by atoms with Crippen LogP contribution in [0.2, 0.25) is 0 Å². The molecule has 3 atom stereocenters. The third-order valence-electron chi connectivity index (χ3n) is 1.38. The van der Waals surface area contributed by atoms with Gasteiger partial charge in [0.05, 0.1) is 16.1 Å². The molecule has 0 aromatic heterocycles. The lowest BCUT2D eigenvalue weighted by atomic mass is 10.1. The van der Waals surface area contributed by atoms with Gasteiger partial charge < -0.3 is 0 Å². The van der Waals surface area contributed by atoms with Crippen LogP contribution in [0.15, 0.2) is 11.1 Å². The Kier molecular flexibility index (Phi) is 3.18. The van der Waals surface area contributed by atoms with Crippen molar-refractivity contribution in [3.8, 4) is 0 Å². The number of hydrogen-bond acceptors (Lipinski definition) is 0. The van der Waals surface area contributed by atoms with Crippen molar-refractivity contribution in [2.45, 2.75) is 22.6 Å². The largest absolute Gasteiger partial charge is 0.121 e. The minimum atomic E-state index is -0.231. The van der Waals surface area contributed by atoms with Gasteiger partial charge in [-0.25, -0.2) is 0 Å². The van der Waals surface area contributed by atoms with Gasteiger partial charge >= 0.3 is 0 Å². The van der Waals surface area contributed by atoms with Gasteiger partial charge in [0, 0.05) is 11.5 Å². The molecule has 0 aromatic rings. The van der Waals surface area contributed by atoms with Crippen LogP contribution in [-0.2, 0) is 0 Å². The average molecular weight is 220 g/mol. The second kappa shape index (κ2) is 3.53. The summed E-state index contributed by atoms with van der Waals surface area (Å²) in [7, 11) is 0. The van der Waals surface area contributed by atoms with Crippen molar-refractivity contribution < 1.29 is 0 Å². The SMILES string of the molecule is ClC1=CC(Cl)C(Cl)C(Cl)C1. The molecule has 1 aliphatic carbocycles. The second-order valence-corrected chi connectivity index (χ2v) is 4.28. The van der Waals surface area contributed by atoms with Crippen LogP contribution < -0.4 is 0 Å². The van der Waals surface area contributed by atoms with E-state index in [4.69, 9.17) is 46.4 Å². The first-order chi connectivity index (χ1) is 4.61. The molecule has 0 bridgehead atoms. The average Bonchev–Trinajstić information content (AvgIpc) is 1.82. The molecule has 0 nitrogen and oxygen atoms in total. The first-order valence-corrected chi connectivity index (χ1v) is 4.58. The first kappa shape index (κ1) is 8.99. The highest BCUT2D eigenvalue weighted by Crippen LogP contribution is 2.31. The number of alkyl halides is 3. The predicted octanol–water partition coefficient (Wildman–Crippen LogP) is 3.34. The lowest BCUT2D eigenvalue weighted by Crippen LogP contribution is -2.28. The third kappa shape index (κ3) is 1.94. The van der Waals surface area contributed by atoms with Gasteiger partial charge in [0.15, 0.2) is 0 Å². The molecule has 0 heterocycles. The third-order valence-corrected chi connectivity index (χ3v) is 3.32. The molecule has 10 heavy (non-hydrogen) atoms. The van der Waals surface area contributed by atoms with E-state index in [1.807, 2.05) is 0 Å². The highest BCUT2D eigenvalue weighted by Gasteiger charge is 2.28. The fraction of sp³-hybridized carbons (Fsp3) is 0.667. The van der Waals surface area contributed by atoms with Gasteiger partial charge in [0.1, 0.15) is 0 Å². The summed E-state index contributed by atoms with van der Waals surface area (Å²) in [6, 6.07) is 0. The normalized spacial score (nSPS) is 41.2. The maximum absolute atomic E-state index is 5.82. The number of hydrogen-bond donors (Lipinski definition) is 0. The smallest absolute Gasteiger partial charge is 0.0708 e. The van der Waals surface area contributed by atoms with Crippen molar-refractivity contribution in [1.29, 1.82) is 0 Å². The summed E-state index contributed by atoms with van der Waals surface area (Å²) in [5.41, 5.74) is 0. The minimum absolute atomic E-state index is 0.137. The summed E-state index contributed by atoms with van der Waals surface area (Å²) in [6.45, 7) is 0. The number of halogens is 4. The fourth-order valence-corrected chi connectivity index (χ4v) is 2.16. The van der Waals surface area contributed by atoms with Crippen LogP contribution in [0.1, 0.15) is 6.42 Å². The van der Waals surface area contributed by atoms with Crippen molar-refractivity contribution in [2.75, 3.05) is 0 Å². The van der Waals surface area contributed by atoms with Crippen molar-refractivity contribution in [3.63, 3.8) is 0 Å². The highest BCUT2D eigenvalue weighted by molar-refractivity contribution is 6.38. The van der Waals surface area contributed by atoms with Crippen LogP contribution in [0.5, 0.6) is 0 Å². The molecule has 0 aromatic carbocycles.